The van der Waals surface area contributed by atoms with Gasteiger partial charge in [0.15, 0.2) is 5.84 Å². The lowest BCUT2D eigenvalue weighted by Crippen LogP contribution is -2.33. The van der Waals surface area contributed by atoms with Crippen molar-refractivity contribution in [3.05, 3.63) is 205 Å². The van der Waals surface area contributed by atoms with Gasteiger partial charge in [0.25, 0.3) is 0 Å². The van der Waals surface area contributed by atoms with Crippen LogP contribution in [-0.4, -0.2) is 11.7 Å². The summed E-state index contributed by atoms with van der Waals surface area (Å²) in [5, 5.41) is 13.1. The molecule has 0 amide bonds. The van der Waals surface area contributed by atoms with E-state index in [1.165, 1.54) is 31.1 Å². The first kappa shape index (κ1) is 32.9. The number of fused-ring (bicyclic) bond motifs is 8. The second-order valence-electron chi connectivity index (χ2n) is 15.0. The van der Waals surface area contributed by atoms with Crippen LogP contribution in [0, 0.1) is 0 Å². The van der Waals surface area contributed by atoms with Crippen molar-refractivity contribution in [2.24, 2.45) is 9.98 Å². The first-order chi connectivity index (χ1) is 28.7. The zero-order valence-corrected chi connectivity index (χ0v) is 32.0. The minimum atomic E-state index is -0.392. The molecule has 1 unspecified atom stereocenters. The molecule has 0 spiro atoms. The van der Waals surface area contributed by atoms with Crippen molar-refractivity contribution in [2.45, 2.75) is 6.17 Å². The summed E-state index contributed by atoms with van der Waals surface area (Å²) in [6.45, 7) is 0. The van der Waals surface area contributed by atoms with E-state index in [1.807, 2.05) is 11.3 Å². The highest BCUT2D eigenvalue weighted by Gasteiger charge is 2.26. The number of nitrogens with one attached hydrogen (secondary N) is 1. The van der Waals surface area contributed by atoms with Crippen molar-refractivity contribution in [1.29, 1.82) is 0 Å². The summed E-state index contributed by atoms with van der Waals surface area (Å²) in [5.74, 6) is 1.43. The maximum Gasteiger partial charge on any atom is 0.159 e. The molecule has 4 nitrogen and oxygen atoms in total. The predicted molar refractivity (Wildman–Crippen MR) is 244 cm³/mol. The van der Waals surface area contributed by atoms with Crippen molar-refractivity contribution < 1.29 is 4.42 Å². The number of thiophene rings is 1. The highest BCUT2D eigenvalue weighted by molar-refractivity contribution is 7.25. The van der Waals surface area contributed by atoms with E-state index in [-0.39, 0.29) is 0 Å². The molecular weight excluding hydrogens is 727 g/mol. The molecule has 0 radical (unpaired) electrons. The van der Waals surface area contributed by atoms with Crippen LogP contribution in [0.4, 0.5) is 0 Å². The van der Waals surface area contributed by atoms with Crippen molar-refractivity contribution in [2.75, 3.05) is 0 Å². The molecule has 1 aliphatic heterocycles. The Kier molecular flexibility index (Phi) is 7.43. The average molecular weight is 760 g/mol. The Morgan fingerprint density at radius 3 is 2.02 bits per heavy atom. The van der Waals surface area contributed by atoms with E-state index in [2.05, 4.69) is 193 Å². The first-order valence-corrected chi connectivity index (χ1v) is 20.4. The van der Waals surface area contributed by atoms with Crippen molar-refractivity contribution in [1.82, 2.24) is 5.32 Å². The minimum absolute atomic E-state index is 0.392. The Labute approximate surface area is 338 Å². The van der Waals surface area contributed by atoms with Crippen LogP contribution in [0.3, 0.4) is 0 Å². The average Bonchev–Trinajstić information content (AvgIpc) is 3.85. The fourth-order valence-corrected chi connectivity index (χ4v) is 9.67. The molecule has 9 aromatic carbocycles. The van der Waals surface area contributed by atoms with Crippen LogP contribution in [-0.2, 0) is 0 Å². The number of rotatable bonds is 5. The van der Waals surface area contributed by atoms with Gasteiger partial charge in [0, 0.05) is 42.1 Å². The zero-order chi connectivity index (χ0) is 38.2. The van der Waals surface area contributed by atoms with E-state index in [0.717, 1.165) is 77.3 Å². The van der Waals surface area contributed by atoms with Gasteiger partial charge in [0.2, 0.25) is 0 Å². The molecule has 0 saturated heterocycles. The highest BCUT2D eigenvalue weighted by Crippen LogP contribution is 2.40. The van der Waals surface area contributed by atoms with Gasteiger partial charge in [-0.25, -0.2) is 9.98 Å². The van der Waals surface area contributed by atoms with E-state index < -0.39 is 6.17 Å². The maximum atomic E-state index is 6.81. The standard InChI is InChI=1S/C53H33N3OS/c1-2-11-32(12-3-1)35-17-10-18-36(25-35)41-29-45(50-44-27-37-15-6-7-16-38(37)30-46(44)57-47(50)31-41)53-55-51(39-22-21-33-13-4-5-14-34(33)26-39)54-52(56-53)40-23-24-49-43(28-40)42-19-8-9-20-48(42)58-49/h1-31,52H,(H,54,55,56). The topological polar surface area (TPSA) is 49.9 Å². The van der Waals surface area contributed by atoms with Crippen molar-refractivity contribution >= 4 is 86.7 Å². The molecule has 1 N–H and O–H groups in total. The largest absolute Gasteiger partial charge is 0.456 e. The number of benzene rings is 9. The third kappa shape index (κ3) is 5.51. The fourth-order valence-electron chi connectivity index (χ4n) is 8.58. The second kappa shape index (κ2) is 13.1. The third-order valence-corrected chi connectivity index (χ3v) is 12.6. The molecule has 272 valence electrons. The van der Waals surface area contributed by atoms with Crippen LogP contribution in [0.15, 0.2) is 202 Å². The predicted octanol–water partition coefficient (Wildman–Crippen LogP) is 14.1. The van der Waals surface area contributed by atoms with Gasteiger partial charge in [0.05, 0.1) is 0 Å². The normalized spacial score (nSPS) is 14.4. The molecule has 3 heterocycles. The van der Waals surface area contributed by atoms with Gasteiger partial charge in [-0.15, -0.1) is 11.3 Å². The van der Waals surface area contributed by atoms with E-state index in [9.17, 15) is 0 Å². The van der Waals surface area contributed by atoms with Gasteiger partial charge in [-0.05, 0) is 104 Å². The number of nitrogens with zero attached hydrogens (tertiary/aromatic N) is 2. The summed E-state index contributed by atoms with van der Waals surface area (Å²) in [6, 6.07) is 67.0. The molecular formula is C53H33N3OS. The van der Waals surface area contributed by atoms with Gasteiger partial charge < -0.3 is 9.73 Å². The zero-order valence-electron chi connectivity index (χ0n) is 31.2. The fraction of sp³-hybridized carbons (Fsp3) is 0.0189. The summed E-state index contributed by atoms with van der Waals surface area (Å²) in [6.07, 6.45) is -0.392. The molecule has 58 heavy (non-hydrogen) atoms. The van der Waals surface area contributed by atoms with E-state index >= 15 is 0 Å². The highest BCUT2D eigenvalue weighted by atomic mass is 32.1. The molecule has 11 aromatic rings. The number of hydrogen-bond acceptors (Lipinski definition) is 5. The van der Waals surface area contributed by atoms with Crippen LogP contribution < -0.4 is 5.32 Å². The van der Waals surface area contributed by atoms with E-state index in [1.54, 1.807) is 0 Å². The number of aliphatic imine (C=N–C) groups is 2. The third-order valence-electron chi connectivity index (χ3n) is 11.5. The van der Waals surface area contributed by atoms with E-state index in [4.69, 9.17) is 14.4 Å². The Hall–Kier alpha value is -7.34. The van der Waals surface area contributed by atoms with Gasteiger partial charge in [0.1, 0.15) is 23.2 Å². The lowest BCUT2D eigenvalue weighted by molar-refractivity contribution is 0.668. The molecule has 2 aromatic heterocycles. The lowest BCUT2D eigenvalue weighted by Gasteiger charge is -2.24. The monoisotopic (exact) mass is 759 g/mol. The van der Waals surface area contributed by atoms with Crippen LogP contribution in [0.1, 0.15) is 22.9 Å². The van der Waals surface area contributed by atoms with E-state index in [0.29, 0.717) is 5.84 Å². The van der Waals surface area contributed by atoms with Crippen molar-refractivity contribution in [3.63, 3.8) is 0 Å². The quantitative estimate of drug-likeness (QED) is 0.190. The minimum Gasteiger partial charge on any atom is -0.456 e. The van der Waals surface area contributed by atoms with Crippen LogP contribution in [0.5, 0.6) is 0 Å². The molecule has 0 bridgehead atoms. The van der Waals surface area contributed by atoms with Gasteiger partial charge in [-0.2, -0.15) is 0 Å². The molecule has 1 aliphatic rings. The molecule has 1 atom stereocenters. The van der Waals surface area contributed by atoms with Crippen LogP contribution >= 0.6 is 11.3 Å². The smallest absolute Gasteiger partial charge is 0.159 e. The summed E-state index contributed by atoms with van der Waals surface area (Å²) >= 11 is 1.83. The summed E-state index contributed by atoms with van der Waals surface area (Å²) in [5.41, 5.74) is 9.14. The molecule has 0 saturated carbocycles. The van der Waals surface area contributed by atoms with Gasteiger partial charge in [-0.3, -0.25) is 0 Å². The van der Waals surface area contributed by atoms with Crippen molar-refractivity contribution in [3.8, 4) is 22.3 Å². The summed E-state index contributed by atoms with van der Waals surface area (Å²) < 4.78 is 9.35. The number of furan rings is 1. The van der Waals surface area contributed by atoms with Gasteiger partial charge in [-0.1, -0.05) is 133 Å². The van der Waals surface area contributed by atoms with Crippen LogP contribution in [0.2, 0.25) is 0 Å². The Morgan fingerprint density at radius 1 is 0.448 bits per heavy atom. The van der Waals surface area contributed by atoms with Crippen LogP contribution in [0.25, 0.3) is 85.9 Å². The second-order valence-corrected chi connectivity index (χ2v) is 16.1. The Morgan fingerprint density at radius 2 is 1.16 bits per heavy atom. The molecule has 5 heteroatoms. The SMILES string of the molecule is c1ccc(-c2cccc(-c3cc(C4=NC(c5ccc6ccccc6c5)=NC(c5ccc6sc7ccccc7c6c5)N4)c4c(c3)oc3cc5ccccc5cc34)c2)cc1. The number of amidine groups is 2. The first-order valence-electron chi connectivity index (χ1n) is 19.6. The Balaban J connectivity index is 1.09. The molecule has 12 rings (SSSR count). The maximum absolute atomic E-state index is 6.81. The number of hydrogen-bond donors (Lipinski definition) is 1. The molecule has 0 aliphatic carbocycles. The summed E-state index contributed by atoms with van der Waals surface area (Å²) in [4.78, 5) is 10.8. The molecule has 0 fully saturated rings. The summed E-state index contributed by atoms with van der Waals surface area (Å²) in [7, 11) is 0. The lowest BCUT2D eigenvalue weighted by atomic mass is 9.94. The Bertz CT molecular complexity index is 3500. The van der Waals surface area contributed by atoms with Gasteiger partial charge >= 0.3 is 0 Å².